The highest BCUT2D eigenvalue weighted by atomic mass is 19.4. The van der Waals surface area contributed by atoms with Crippen LogP contribution < -0.4 is 4.74 Å². The molecule has 0 spiro atoms. The Morgan fingerprint density at radius 3 is 2.35 bits per heavy atom. The van der Waals surface area contributed by atoms with Gasteiger partial charge in [0.2, 0.25) is 0 Å². The molecule has 0 amide bonds. The molecule has 112 valence electrons. The predicted octanol–water partition coefficient (Wildman–Crippen LogP) is 2.65. The topological polar surface area (TPSA) is 49.8 Å². The number of benzene rings is 1. The lowest BCUT2D eigenvalue weighted by Gasteiger charge is -2.17. The van der Waals surface area contributed by atoms with Gasteiger partial charge in [0, 0.05) is 13.1 Å². The van der Waals surface area contributed by atoms with E-state index in [0.29, 0.717) is 12.3 Å². The molecule has 20 heavy (non-hydrogen) atoms. The molecule has 0 aliphatic heterocycles. The quantitative estimate of drug-likeness (QED) is 0.839. The molecule has 1 N–H and O–H groups in total. The molecule has 0 fully saturated rings. The van der Waals surface area contributed by atoms with Crippen molar-refractivity contribution in [3.8, 4) is 5.75 Å². The number of rotatable bonds is 7. The van der Waals surface area contributed by atoms with Crippen molar-refractivity contribution in [2.24, 2.45) is 0 Å². The van der Waals surface area contributed by atoms with Gasteiger partial charge in [0.05, 0.1) is 12.0 Å². The van der Waals surface area contributed by atoms with Gasteiger partial charge in [-0.05, 0) is 31.3 Å². The van der Waals surface area contributed by atoms with E-state index >= 15 is 0 Å². The molecule has 0 saturated carbocycles. The number of hydrogen-bond acceptors (Lipinski definition) is 3. The van der Waals surface area contributed by atoms with E-state index in [4.69, 9.17) is 9.84 Å². The molecule has 4 nitrogen and oxygen atoms in total. The standard InChI is InChI=1S/C13H16F3NO3/c1-17(7-6-13(14,15)16)8-9-20-11-4-2-10(3-5-11)12(18)19/h2-5H,6-9H2,1H3,(H,18,19). The molecule has 1 aromatic rings. The Bertz CT molecular complexity index is 431. The van der Waals surface area contributed by atoms with Gasteiger partial charge in [-0.25, -0.2) is 4.79 Å². The fourth-order valence-corrected chi connectivity index (χ4v) is 1.44. The highest BCUT2D eigenvalue weighted by Crippen LogP contribution is 2.19. The second-order valence-electron chi connectivity index (χ2n) is 4.35. The first-order chi connectivity index (χ1) is 9.28. The SMILES string of the molecule is CN(CCOc1ccc(C(=O)O)cc1)CCC(F)(F)F. The summed E-state index contributed by atoms with van der Waals surface area (Å²) in [5.41, 5.74) is 0.152. The van der Waals surface area contributed by atoms with Gasteiger partial charge < -0.3 is 14.7 Å². The van der Waals surface area contributed by atoms with Crippen LogP contribution in [0.2, 0.25) is 0 Å². The van der Waals surface area contributed by atoms with Crippen LogP contribution >= 0.6 is 0 Å². The van der Waals surface area contributed by atoms with E-state index < -0.39 is 18.6 Å². The van der Waals surface area contributed by atoms with E-state index in [9.17, 15) is 18.0 Å². The number of hydrogen-bond donors (Lipinski definition) is 1. The first kappa shape index (κ1) is 16.3. The van der Waals surface area contributed by atoms with Gasteiger partial charge in [-0.1, -0.05) is 0 Å². The number of likely N-dealkylation sites (N-methyl/N-ethyl adjacent to an activating group) is 1. The minimum Gasteiger partial charge on any atom is -0.492 e. The molecule has 1 rings (SSSR count). The number of carbonyl (C=O) groups is 1. The van der Waals surface area contributed by atoms with Gasteiger partial charge >= 0.3 is 12.1 Å². The fraction of sp³-hybridized carbons (Fsp3) is 0.462. The monoisotopic (exact) mass is 291 g/mol. The van der Waals surface area contributed by atoms with Crippen LogP contribution in [0.5, 0.6) is 5.75 Å². The second kappa shape index (κ2) is 7.14. The fourth-order valence-electron chi connectivity index (χ4n) is 1.44. The summed E-state index contributed by atoms with van der Waals surface area (Å²) in [6.07, 6.45) is -5.00. The molecule has 0 heterocycles. The Balaban J connectivity index is 2.28. The summed E-state index contributed by atoms with van der Waals surface area (Å²) < 4.78 is 41.3. The van der Waals surface area contributed by atoms with Crippen molar-refractivity contribution in [2.75, 3.05) is 26.7 Å². The zero-order valence-electron chi connectivity index (χ0n) is 11.0. The molecule has 1 aromatic carbocycles. The Kier molecular flexibility index (Phi) is 5.82. The van der Waals surface area contributed by atoms with Crippen molar-refractivity contribution < 1.29 is 27.8 Å². The van der Waals surface area contributed by atoms with E-state index in [1.165, 1.54) is 29.2 Å². The average molecular weight is 291 g/mol. The third kappa shape index (κ3) is 6.42. The van der Waals surface area contributed by atoms with Crippen molar-refractivity contribution in [3.63, 3.8) is 0 Å². The number of alkyl halides is 3. The zero-order valence-corrected chi connectivity index (χ0v) is 11.0. The normalized spacial score (nSPS) is 11.7. The Labute approximate surface area is 114 Å². The van der Waals surface area contributed by atoms with Gasteiger partial charge in [-0.15, -0.1) is 0 Å². The first-order valence-electron chi connectivity index (χ1n) is 5.99. The molecule has 0 radical (unpaired) electrons. The maximum absolute atomic E-state index is 12.0. The largest absolute Gasteiger partial charge is 0.492 e. The van der Waals surface area contributed by atoms with Gasteiger partial charge in [-0.3, -0.25) is 0 Å². The lowest BCUT2D eigenvalue weighted by molar-refractivity contribution is -0.137. The van der Waals surface area contributed by atoms with Crippen LogP contribution in [-0.2, 0) is 0 Å². The van der Waals surface area contributed by atoms with Gasteiger partial charge in [-0.2, -0.15) is 13.2 Å². The minimum absolute atomic E-state index is 0.0786. The van der Waals surface area contributed by atoms with Crippen molar-refractivity contribution in [1.82, 2.24) is 4.90 Å². The lowest BCUT2D eigenvalue weighted by atomic mass is 10.2. The number of aromatic carboxylic acids is 1. The maximum Gasteiger partial charge on any atom is 0.390 e. The lowest BCUT2D eigenvalue weighted by Crippen LogP contribution is -2.28. The van der Waals surface area contributed by atoms with Crippen LogP contribution in [0, 0.1) is 0 Å². The van der Waals surface area contributed by atoms with E-state index in [-0.39, 0.29) is 18.7 Å². The molecule has 0 aromatic heterocycles. The zero-order chi connectivity index (χ0) is 15.2. The molecule has 0 bridgehead atoms. The summed E-state index contributed by atoms with van der Waals surface area (Å²) in [6.45, 7) is 0.516. The maximum atomic E-state index is 12.0. The highest BCUT2D eigenvalue weighted by Gasteiger charge is 2.26. The third-order valence-electron chi connectivity index (χ3n) is 2.62. The van der Waals surface area contributed by atoms with Crippen molar-refractivity contribution in [2.45, 2.75) is 12.6 Å². The second-order valence-corrected chi connectivity index (χ2v) is 4.35. The number of carboxylic acid groups (broad SMARTS) is 1. The number of ether oxygens (including phenoxy) is 1. The van der Waals surface area contributed by atoms with Crippen molar-refractivity contribution >= 4 is 5.97 Å². The molecule has 0 aliphatic rings. The van der Waals surface area contributed by atoms with E-state index in [1.807, 2.05) is 0 Å². The summed E-state index contributed by atoms with van der Waals surface area (Å²) in [5.74, 6) is -0.539. The number of nitrogens with zero attached hydrogens (tertiary/aromatic N) is 1. The van der Waals surface area contributed by atoms with Crippen LogP contribution in [0.15, 0.2) is 24.3 Å². The van der Waals surface area contributed by atoms with Crippen LogP contribution in [0.1, 0.15) is 16.8 Å². The van der Waals surface area contributed by atoms with Crippen molar-refractivity contribution in [3.05, 3.63) is 29.8 Å². The molecule has 0 unspecified atom stereocenters. The van der Waals surface area contributed by atoms with E-state index in [2.05, 4.69) is 0 Å². The Morgan fingerprint density at radius 1 is 1.25 bits per heavy atom. The molecular weight excluding hydrogens is 275 g/mol. The highest BCUT2D eigenvalue weighted by molar-refractivity contribution is 5.87. The minimum atomic E-state index is -4.15. The summed E-state index contributed by atoms with van der Waals surface area (Å²) in [4.78, 5) is 12.2. The first-order valence-corrected chi connectivity index (χ1v) is 5.99. The van der Waals surface area contributed by atoms with Crippen LogP contribution in [0.3, 0.4) is 0 Å². The van der Waals surface area contributed by atoms with Crippen LogP contribution in [-0.4, -0.2) is 48.9 Å². The van der Waals surface area contributed by atoms with E-state index in [1.54, 1.807) is 7.05 Å². The van der Waals surface area contributed by atoms with Crippen LogP contribution in [0.25, 0.3) is 0 Å². The molecular formula is C13H16F3NO3. The molecule has 0 aliphatic carbocycles. The van der Waals surface area contributed by atoms with Crippen molar-refractivity contribution in [1.29, 1.82) is 0 Å². The van der Waals surface area contributed by atoms with E-state index in [0.717, 1.165) is 0 Å². The Morgan fingerprint density at radius 2 is 1.85 bits per heavy atom. The summed E-state index contributed by atoms with van der Waals surface area (Å²) >= 11 is 0. The van der Waals surface area contributed by atoms with Gasteiger partial charge in [0.1, 0.15) is 12.4 Å². The Hall–Kier alpha value is -1.76. The average Bonchev–Trinajstić information content (AvgIpc) is 2.36. The number of halogens is 3. The molecule has 7 heteroatoms. The number of carboxylic acids is 1. The smallest absolute Gasteiger partial charge is 0.390 e. The molecule has 0 atom stereocenters. The molecule has 0 saturated heterocycles. The summed E-state index contributed by atoms with van der Waals surface area (Å²) in [6, 6.07) is 5.84. The summed E-state index contributed by atoms with van der Waals surface area (Å²) in [5, 5.41) is 8.71. The van der Waals surface area contributed by atoms with Crippen LogP contribution in [0.4, 0.5) is 13.2 Å². The third-order valence-corrected chi connectivity index (χ3v) is 2.62. The predicted molar refractivity (Wildman–Crippen MR) is 67.1 cm³/mol. The van der Waals surface area contributed by atoms with Gasteiger partial charge in [0.25, 0.3) is 0 Å². The van der Waals surface area contributed by atoms with Gasteiger partial charge in [0.15, 0.2) is 0 Å². The summed E-state index contributed by atoms with van der Waals surface area (Å²) in [7, 11) is 1.59.